The number of oxazole rings is 1. The first-order valence-electron chi connectivity index (χ1n) is 5.49. The summed E-state index contributed by atoms with van der Waals surface area (Å²) < 4.78 is 5.57. The molecule has 3 N–H and O–H groups in total. The zero-order valence-electron chi connectivity index (χ0n) is 9.82. The molecule has 0 saturated carbocycles. The first-order valence-corrected chi connectivity index (χ1v) is 5.49. The topological polar surface area (TPSA) is 64.1 Å². The Morgan fingerprint density at radius 2 is 2.06 bits per heavy atom. The maximum absolute atomic E-state index is 5.68. The average molecular weight is 219 g/mol. The molecule has 2 rings (SSSR count). The fraction of sp³-hybridized carbons (Fsp3) is 0.417. The van der Waals surface area contributed by atoms with E-state index in [1.54, 1.807) is 0 Å². The third kappa shape index (κ3) is 2.10. The molecule has 1 aromatic carbocycles. The molecule has 1 aromatic heterocycles. The standard InChI is InChI=1S/C12H17N3O/c1-7(2)8(3)14-12-15-10-6-9(13)4-5-11(10)16-12/h4-8H,13H2,1-3H3,(H,14,15). The van der Waals surface area contributed by atoms with Crippen LogP contribution in [-0.4, -0.2) is 11.0 Å². The number of anilines is 2. The molecule has 86 valence electrons. The van der Waals surface area contributed by atoms with Gasteiger partial charge in [-0.25, -0.2) is 0 Å². The molecule has 1 atom stereocenters. The lowest BCUT2D eigenvalue weighted by atomic mass is 10.1. The number of rotatable bonds is 3. The van der Waals surface area contributed by atoms with E-state index >= 15 is 0 Å². The second kappa shape index (κ2) is 4.04. The van der Waals surface area contributed by atoms with Crippen molar-refractivity contribution in [3.8, 4) is 0 Å². The summed E-state index contributed by atoms with van der Waals surface area (Å²) in [5.41, 5.74) is 7.93. The number of nitrogens with zero attached hydrogens (tertiary/aromatic N) is 1. The largest absolute Gasteiger partial charge is 0.424 e. The summed E-state index contributed by atoms with van der Waals surface area (Å²) in [5, 5.41) is 3.23. The van der Waals surface area contributed by atoms with Crippen LogP contribution in [0, 0.1) is 5.92 Å². The van der Waals surface area contributed by atoms with Crippen LogP contribution in [0.2, 0.25) is 0 Å². The van der Waals surface area contributed by atoms with Crippen LogP contribution < -0.4 is 11.1 Å². The molecule has 0 spiro atoms. The third-order valence-electron chi connectivity index (χ3n) is 2.76. The number of aromatic nitrogens is 1. The van der Waals surface area contributed by atoms with E-state index in [4.69, 9.17) is 10.2 Å². The van der Waals surface area contributed by atoms with Crippen LogP contribution in [0.5, 0.6) is 0 Å². The summed E-state index contributed by atoms with van der Waals surface area (Å²) in [6.45, 7) is 6.41. The average Bonchev–Trinajstić information content (AvgIpc) is 2.58. The minimum Gasteiger partial charge on any atom is -0.424 e. The molecule has 0 aliphatic carbocycles. The van der Waals surface area contributed by atoms with E-state index in [2.05, 4.69) is 31.1 Å². The number of hydrogen-bond acceptors (Lipinski definition) is 4. The lowest BCUT2D eigenvalue weighted by molar-refractivity contribution is 0.527. The van der Waals surface area contributed by atoms with Gasteiger partial charge < -0.3 is 15.5 Å². The number of nitrogen functional groups attached to an aromatic ring is 1. The fourth-order valence-electron chi connectivity index (χ4n) is 1.37. The van der Waals surface area contributed by atoms with Gasteiger partial charge in [-0.1, -0.05) is 13.8 Å². The monoisotopic (exact) mass is 219 g/mol. The van der Waals surface area contributed by atoms with Crippen LogP contribution in [0.25, 0.3) is 11.1 Å². The van der Waals surface area contributed by atoms with E-state index in [1.807, 2.05) is 18.2 Å². The van der Waals surface area contributed by atoms with E-state index < -0.39 is 0 Å². The minimum absolute atomic E-state index is 0.324. The van der Waals surface area contributed by atoms with Gasteiger partial charge in [-0.15, -0.1) is 0 Å². The van der Waals surface area contributed by atoms with Gasteiger partial charge in [-0.2, -0.15) is 4.98 Å². The highest BCUT2D eigenvalue weighted by atomic mass is 16.4. The summed E-state index contributed by atoms with van der Waals surface area (Å²) >= 11 is 0. The first-order chi connectivity index (χ1) is 7.56. The van der Waals surface area contributed by atoms with Crippen molar-refractivity contribution in [1.82, 2.24) is 4.98 Å². The molecule has 4 heteroatoms. The Morgan fingerprint density at radius 3 is 2.75 bits per heavy atom. The van der Waals surface area contributed by atoms with Crippen molar-refractivity contribution in [2.24, 2.45) is 5.92 Å². The summed E-state index contributed by atoms with van der Waals surface area (Å²) in [5.74, 6) is 0.528. The Balaban J connectivity index is 2.26. The summed E-state index contributed by atoms with van der Waals surface area (Å²) in [6.07, 6.45) is 0. The maximum atomic E-state index is 5.68. The van der Waals surface area contributed by atoms with Crippen LogP contribution >= 0.6 is 0 Å². The molecule has 1 heterocycles. The smallest absolute Gasteiger partial charge is 0.295 e. The zero-order valence-corrected chi connectivity index (χ0v) is 9.82. The van der Waals surface area contributed by atoms with Crippen LogP contribution in [0.3, 0.4) is 0 Å². The van der Waals surface area contributed by atoms with Crippen molar-refractivity contribution in [3.63, 3.8) is 0 Å². The molecule has 0 aliphatic heterocycles. The van der Waals surface area contributed by atoms with Gasteiger partial charge in [0, 0.05) is 11.7 Å². The normalized spacial score (nSPS) is 13.2. The maximum Gasteiger partial charge on any atom is 0.295 e. The predicted molar refractivity (Wildman–Crippen MR) is 66.3 cm³/mol. The van der Waals surface area contributed by atoms with Gasteiger partial charge in [-0.3, -0.25) is 0 Å². The number of hydrogen-bond donors (Lipinski definition) is 2. The molecule has 1 unspecified atom stereocenters. The van der Waals surface area contributed by atoms with Crippen molar-refractivity contribution in [2.75, 3.05) is 11.1 Å². The van der Waals surface area contributed by atoms with Gasteiger partial charge in [0.15, 0.2) is 5.58 Å². The van der Waals surface area contributed by atoms with Crippen molar-refractivity contribution in [1.29, 1.82) is 0 Å². The lowest BCUT2D eigenvalue weighted by Crippen LogP contribution is -2.21. The molecule has 0 fully saturated rings. The Bertz CT molecular complexity index is 490. The predicted octanol–water partition coefficient (Wildman–Crippen LogP) is 2.87. The number of nitrogens with one attached hydrogen (secondary N) is 1. The fourth-order valence-corrected chi connectivity index (χ4v) is 1.37. The quantitative estimate of drug-likeness (QED) is 0.779. The second-order valence-corrected chi connectivity index (χ2v) is 4.42. The molecule has 0 saturated heterocycles. The molecule has 0 aliphatic rings. The molecular weight excluding hydrogens is 202 g/mol. The highest BCUT2D eigenvalue weighted by Crippen LogP contribution is 2.22. The van der Waals surface area contributed by atoms with Crippen LogP contribution in [-0.2, 0) is 0 Å². The van der Waals surface area contributed by atoms with E-state index in [9.17, 15) is 0 Å². The molecule has 16 heavy (non-hydrogen) atoms. The van der Waals surface area contributed by atoms with Gasteiger partial charge in [0.25, 0.3) is 6.01 Å². The number of benzene rings is 1. The first kappa shape index (κ1) is 10.8. The Kier molecular flexibility index (Phi) is 2.73. The van der Waals surface area contributed by atoms with Crippen LogP contribution in [0.4, 0.5) is 11.7 Å². The van der Waals surface area contributed by atoms with Gasteiger partial charge >= 0.3 is 0 Å². The number of nitrogens with two attached hydrogens (primary N) is 1. The summed E-state index contributed by atoms with van der Waals surface area (Å²) in [7, 11) is 0. The van der Waals surface area contributed by atoms with Crippen molar-refractivity contribution in [3.05, 3.63) is 18.2 Å². The van der Waals surface area contributed by atoms with E-state index in [-0.39, 0.29) is 0 Å². The Hall–Kier alpha value is -1.71. The minimum atomic E-state index is 0.324. The van der Waals surface area contributed by atoms with Gasteiger partial charge in [-0.05, 0) is 31.0 Å². The van der Waals surface area contributed by atoms with Crippen molar-refractivity contribution >= 4 is 22.8 Å². The van der Waals surface area contributed by atoms with Gasteiger partial charge in [0.2, 0.25) is 0 Å². The molecule has 0 bridgehead atoms. The third-order valence-corrected chi connectivity index (χ3v) is 2.76. The molecule has 4 nitrogen and oxygen atoms in total. The molecule has 0 amide bonds. The van der Waals surface area contributed by atoms with Crippen molar-refractivity contribution < 1.29 is 4.42 Å². The van der Waals surface area contributed by atoms with Gasteiger partial charge in [0.1, 0.15) is 5.52 Å². The SMILES string of the molecule is CC(C)C(C)Nc1nc2cc(N)ccc2o1. The highest BCUT2D eigenvalue weighted by Gasteiger charge is 2.11. The summed E-state index contributed by atoms with van der Waals surface area (Å²) in [6, 6.07) is 6.34. The van der Waals surface area contributed by atoms with E-state index in [0.717, 1.165) is 11.1 Å². The van der Waals surface area contributed by atoms with Gasteiger partial charge in [0.05, 0.1) is 0 Å². The molecule has 0 radical (unpaired) electrons. The van der Waals surface area contributed by atoms with Crippen LogP contribution in [0.1, 0.15) is 20.8 Å². The number of fused-ring (bicyclic) bond motifs is 1. The Labute approximate surface area is 94.8 Å². The second-order valence-electron chi connectivity index (χ2n) is 4.42. The Morgan fingerprint density at radius 1 is 1.31 bits per heavy atom. The van der Waals surface area contributed by atoms with E-state index in [0.29, 0.717) is 23.7 Å². The van der Waals surface area contributed by atoms with Crippen LogP contribution in [0.15, 0.2) is 22.6 Å². The van der Waals surface area contributed by atoms with E-state index in [1.165, 1.54) is 0 Å². The zero-order chi connectivity index (χ0) is 11.7. The highest BCUT2D eigenvalue weighted by molar-refractivity contribution is 5.78. The summed E-state index contributed by atoms with van der Waals surface area (Å²) in [4.78, 5) is 4.34. The van der Waals surface area contributed by atoms with Crippen molar-refractivity contribution in [2.45, 2.75) is 26.8 Å². The molecular formula is C12H17N3O. The lowest BCUT2D eigenvalue weighted by Gasteiger charge is -2.15. The molecule has 2 aromatic rings.